The van der Waals surface area contributed by atoms with Crippen molar-refractivity contribution in [2.75, 3.05) is 26.4 Å². The van der Waals surface area contributed by atoms with Crippen LogP contribution < -0.4 is 0 Å². The highest BCUT2D eigenvalue weighted by atomic mass is 16.6. The Balaban J connectivity index is 0.000000117. The Bertz CT molecular complexity index is 363. The third-order valence-corrected chi connectivity index (χ3v) is 3.65. The molecule has 0 spiro atoms. The molecule has 0 amide bonds. The fourth-order valence-electron chi connectivity index (χ4n) is 2.32. The zero-order chi connectivity index (χ0) is 12.9. The first-order valence-electron chi connectivity index (χ1n) is 7.26. The van der Waals surface area contributed by atoms with Crippen LogP contribution in [0, 0.1) is 5.92 Å². The molecule has 2 aliphatic heterocycles. The largest absolute Gasteiger partial charge is 0.376 e. The Morgan fingerprint density at radius 3 is 2.47 bits per heavy atom. The second-order valence-corrected chi connectivity index (χ2v) is 5.40. The van der Waals surface area contributed by atoms with Gasteiger partial charge in [-0.25, -0.2) is 0 Å². The van der Waals surface area contributed by atoms with E-state index in [0.717, 1.165) is 38.8 Å². The van der Waals surface area contributed by atoms with Crippen LogP contribution in [-0.2, 0) is 14.2 Å². The van der Waals surface area contributed by atoms with Gasteiger partial charge in [-0.05, 0) is 24.8 Å². The molecule has 0 aromatic carbocycles. The maximum absolute atomic E-state index is 5.23. The molecule has 0 bridgehead atoms. The lowest BCUT2D eigenvalue weighted by Crippen LogP contribution is -2.06. The van der Waals surface area contributed by atoms with Gasteiger partial charge >= 0.3 is 0 Å². The molecular weight excluding hydrogens is 240 g/mol. The molecule has 4 aliphatic rings. The molecule has 2 saturated heterocycles. The molecule has 104 valence electrons. The summed E-state index contributed by atoms with van der Waals surface area (Å²) in [6, 6.07) is 0. The number of rotatable bonds is 4. The van der Waals surface area contributed by atoms with Crippen LogP contribution >= 0.6 is 0 Å². The zero-order valence-corrected chi connectivity index (χ0v) is 11.3. The van der Waals surface area contributed by atoms with Crippen molar-refractivity contribution >= 4 is 0 Å². The molecule has 2 fully saturated rings. The Hall–Kier alpha value is -0.900. The SMILES string of the molecule is C(OCC1CO1)C1CO1.C1=CC2CCC=CC2=CC1. The van der Waals surface area contributed by atoms with Crippen molar-refractivity contribution in [3.05, 3.63) is 36.0 Å². The predicted octanol–water partition coefficient (Wildman–Crippen LogP) is 2.64. The molecule has 3 atom stereocenters. The molecule has 2 heterocycles. The van der Waals surface area contributed by atoms with Gasteiger partial charge in [0.15, 0.2) is 0 Å². The normalized spacial score (nSPS) is 33.9. The molecule has 0 N–H and O–H groups in total. The summed E-state index contributed by atoms with van der Waals surface area (Å²) in [4.78, 5) is 0. The average molecular weight is 262 g/mol. The molecule has 19 heavy (non-hydrogen) atoms. The summed E-state index contributed by atoms with van der Waals surface area (Å²) in [6.07, 6.45) is 16.0. The van der Waals surface area contributed by atoms with Crippen LogP contribution in [0.25, 0.3) is 0 Å². The minimum atomic E-state index is 0.392. The molecule has 3 heteroatoms. The molecule has 0 aromatic rings. The van der Waals surface area contributed by atoms with Gasteiger partial charge in [-0.15, -0.1) is 0 Å². The van der Waals surface area contributed by atoms with Gasteiger partial charge in [0.1, 0.15) is 12.2 Å². The molecule has 3 nitrogen and oxygen atoms in total. The van der Waals surface area contributed by atoms with Gasteiger partial charge in [0.05, 0.1) is 26.4 Å². The maximum atomic E-state index is 5.23. The number of allylic oxidation sites excluding steroid dienone is 6. The van der Waals surface area contributed by atoms with Gasteiger partial charge < -0.3 is 14.2 Å². The van der Waals surface area contributed by atoms with E-state index in [-0.39, 0.29) is 0 Å². The van der Waals surface area contributed by atoms with E-state index in [1.54, 1.807) is 0 Å². The van der Waals surface area contributed by atoms with Crippen molar-refractivity contribution < 1.29 is 14.2 Å². The van der Waals surface area contributed by atoms with Crippen LogP contribution in [0.15, 0.2) is 36.0 Å². The van der Waals surface area contributed by atoms with Crippen LogP contribution in [0.3, 0.4) is 0 Å². The van der Waals surface area contributed by atoms with Crippen molar-refractivity contribution in [3.63, 3.8) is 0 Å². The van der Waals surface area contributed by atoms with E-state index in [2.05, 4.69) is 30.4 Å². The standard InChI is InChI=1S/C10H12.C6H10O3/c1-2-6-10-8-4-3-7-9(10)5-1;1(5-3-8-5)7-2-6-4-9-6/h1,4-6,8-9H,2-3,7H2;5-6H,1-4H2. The van der Waals surface area contributed by atoms with E-state index in [0.29, 0.717) is 12.2 Å². The van der Waals surface area contributed by atoms with Crippen LogP contribution in [-0.4, -0.2) is 38.6 Å². The van der Waals surface area contributed by atoms with Crippen molar-refractivity contribution in [2.24, 2.45) is 5.92 Å². The van der Waals surface area contributed by atoms with Crippen molar-refractivity contribution in [2.45, 2.75) is 31.5 Å². The summed E-state index contributed by atoms with van der Waals surface area (Å²) < 4.78 is 15.1. The van der Waals surface area contributed by atoms with Gasteiger partial charge in [0, 0.05) is 5.92 Å². The highest BCUT2D eigenvalue weighted by Crippen LogP contribution is 2.28. The first-order valence-corrected chi connectivity index (χ1v) is 7.26. The first-order chi connectivity index (χ1) is 9.42. The van der Waals surface area contributed by atoms with E-state index in [4.69, 9.17) is 14.2 Å². The molecule has 0 aromatic heterocycles. The number of fused-ring (bicyclic) bond motifs is 1. The third kappa shape index (κ3) is 4.60. The van der Waals surface area contributed by atoms with Crippen LogP contribution in [0.4, 0.5) is 0 Å². The summed E-state index contributed by atoms with van der Waals surface area (Å²) in [7, 11) is 0. The minimum Gasteiger partial charge on any atom is -0.376 e. The van der Waals surface area contributed by atoms with Gasteiger partial charge in [-0.1, -0.05) is 30.4 Å². The van der Waals surface area contributed by atoms with Crippen molar-refractivity contribution in [1.82, 2.24) is 0 Å². The van der Waals surface area contributed by atoms with Gasteiger partial charge in [0.2, 0.25) is 0 Å². The van der Waals surface area contributed by atoms with Gasteiger partial charge in [0.25, 0.3) is 0 Å². The minimum absolute atomic E-state index is 0.392. The van der Waals surface area contributed by atoms with Crippen molar-refractivity contribution in [3.8, 4) is 0 Å². The van der Waals surface area contributed by atoms with Crippen LogP contribution in [0.1, 0.15) is 19.3 Å². The molecule has 0 radical (unpaired) electrons. The van der Waals surface area contributed by atoms with Crippen molar-refractivity contribution in [1.29, 1.82) is 0 Å². The smallest absolute Gasteiger partial charge is 0.104 e. The topological polar surface area (TPSA) is 34.3 Å². The quantitative estimate of drug-likeness (QED) is 0.577. The summed E-state index contributed by atoms with van der Waals surface area (Å²) in [5, 5.41) is 0. The van der Waals surface area contributed by atoms with Gasteiger partial charge in [-0.3, -0.25) is 0 Å². The van der Waals surface area contributed by atoms with E-state index in [9.17, 15) is 0 Å². The maximum Gasteiger partial charge on any atom is 0.104 e. The molecule has 2 aliphatic carbocycles. The van der Waals surface area contributed by atoms with Gasteiger partial charge in [-0.2, -0.15) is 0 Å². The van der Waals surface area contributed by atoms with E-state index < -0.39 is 0 Å². The third-order valence-electron chi connectivity index (χ3n) is 3.65. The zero-order valence-electron chi connectivity index (χ0n) is 11.3. The lowest BCUT2D eigenvalue weighted by Gasteiger charge is -2.20. The predicted molar refractivity (Wildman–Crippen MR) is 74.0 cm³/mol. The Kier molecular flexibility index (Phi) is 4.49. The number of ether oxygens (including phenoxy) is 3. The molecule has 0 saturated carbocycles. The highest BCUT2D eigenvalue weighted by Gasteiger charge is 2.26. The highest BCUT2D eigenvalue weighted by molar-refractivity contribution is 5.31. The monoisotopic (exact) mass is 262 g/mol. The Morgan fingerprint density at radius 1 is 1.11 bits per heavy atom. The fourth-order valence-corrected chi connectivity index (χ4v) is 2.32. The Morgan fingerprint density at radius 2 is 1.84 bits per heavy atom. The molecule has 3 unspecified atom stereocenters. The fraction of sp³-hybridized carbons (Fsp3) is 0.625. The second kappa shape index (κ2) is 6.51. The number of epoxide rings is 2. The summed E-state index contributed by atoms with van der Waals surface area (Å²) in [5.41, 5.74) is 1.54. The lowest BCUT2D eigenvalue weighted by atomic mass is 9.86. The summed E-state index contributed by atoms with van der Waals surface area (Å²) in [5.74, 6) is 0.749. The van der Waals surface area contributed by atoms with E-state index >= 15 is 0 Å². The average Bonchev–Trinajstić information content (AvgIpc) is 3.35. The summed E-state index contributed by atoms with van der Waals surface area (Å²) >= 11 is 0. The van der Waals surface area contributed by atoms with Crippen LogP contribution in [0.5, 0.6) is 0 Å². The van der Waals surface area contributed by atoms with Crippen LogP contribution in [0.2, 0.25) is 0 Å². The number of hydrogen-bond donors (Lipinski definition) is 0. The Labute approximate surface area is 114 Å². The lowest BCUT2D eigenvalue weighted by molar-refractivity contribution is 0.102. The van der Waals surface area contributed by atoms with E-state index in [1.807, 2.05) is 0 Å². The second-order valence-electron chi connectivity index (χ2n) is 5.40. The van der Waals surface area contributed by atoms with E-state index in [1.165, 1.54) is 18.4 Å². The number of hydrogen-bond acceptors (Lipinski definition) is 3. The molecule has 4 rings (SSSR count). The summed E-state index contributed by atoms with van der Waals surface area (Å²) in [6.45, 7) is 3.26. The first kappa shape index (κ1) is 13.1. The molecular formula is C16H22O3.